The zero-order valence-electron chi connectivity index (χ0n) is 10.5. The molecule has 0 aliphatic carbocycles. The van der Waals surface area contributed by atoms with Crippen LogP contribution in [0.3, 0.4) is 0 Å². The van der Waals surface area contributed by atoms with Crippen LogP contribution in [-0.4, -0.2) is 38.8 Å². The van der Waals surface area contributed by atoms with Crippen LogP contribution in [0.5, 0.6) is 0 Å². The fourth-order valence-electron chi connectivity index (χ4n) is 2.12. The van der Waals surface area contributed by atoms with Crippen molar-refractivity contribution in [3.05, 3.63) is 57.7 Å². The minimum atomic E-state index is -2.65. The number of hydrogen-bond donors (Lipinski definition) is 2. The van der Waals surface area contributed by atoms with Crippen molar-refractivity contribution in [2.75, 3.05) is 0 Å². The molecule has 2 N–H and O–H groups in total. The number of benzene rings is 1. The van der Waals surface area contributed by atoms with Gasteiger partial charge in [0.2, 0.25) is 0 Å². The monoisotopic (exact) mass is 290 g/mol. The number of dihydropyridines is 1. The average Bonchev–Trinajstić information content (AvgIpc) is 2.46. The van der Waals surface area contributed by atoms with Crippen LogP contribution in [0, 0.1) is 10.1 Å². The maximum atomic E-state index is 11.5. The summed E-state index contributed by atoms with van der Waals surface area (Å²) >= 11 is 0. The van der Waals surface area contributed by atoms with E-state index < -0.39 is 34.0 Å². The van der Waals surface area contributed by atoms with Crippen molar-refractivity contribution < 1.29 is 24.7 Å². The number of aliphatic carboxylic acids is 2. The van der Waals surface area contributed by atoms with Gasteiger partial charge in [-0.25, -0.2) is 9.59 Å². The zero-order valence-corrected chi connectivity index (χ0v) is 10.5. The van der Waals surface area contributed by atoms with Gasteiger partial charge in [-0.05, 0) is 5.56 Å². The molecule has 2 rings (SSSR count). The summed E-state index contributed by atoms with van der Waals surface area (Å²) in [7, 11) is 0. The number of nitro groups is 1. The topological polar surface area (TPSA) is 130 Å². The van der Waals surface area contributed by atoms with Gasteiger partial charge in [0.05, 0.1) is 5.57 Å². The van der Waals surface area contributed by atoms with E-state index in [0.29, 0.717) is 11.6 Å². The van der Waals surface area contributed by atoms with Crippen molar-refractivity contribution in [3.8, 4) is 0 Å². The fourth-order valence-corrected chi connectivity index (χ4v) is 2.12. The summed E-state index contributed by atoms with van der Waals surface area (Å²) in [5.41, 5.74) is -2.86. The van der Waals surface area contributed by atoms with Gasteiger partial charge in [0.15, 0.2) is 6.04 Å². The lowest BCUT2D eigenvalue weighted by Crippen LogP contribution is -2.51. The first-order valence-corrected chi connectivity index (χ1v) is 5.81. The lowest BCUT2D eigenvalue weighted by molar-refractivity contribution is -0.545. The molecule has 1 aliphatic rings. The third kappa shape index (κ3) is 2.27. The Hall–Kier alpha value is -3.03. The number of nitrogens with zero attached hydrogens (tertiary/aromatic N) is 2. The van der Waals surface area contributed by atoms with Crippen LogP contribution in [0.1, 0.15) is 11.6 Å². The smallest absolute Gasteiger partial charge is 0.389 e. The molecular formula is C13H10N2O6. The van der Waals surface area contributed by atoms with Crippen LogP contribution < -0.4 is 0 Å². The summed E-state index contributed by atoms with van der Waals surface area (Å²) in [6.07, 6.45) is 1.56. The van der Waals surface area contributed by atoms with Crippen molar-refractivity contribution in [1.82, 2.24) is 0 Å². The highest BCUT2D eigenvalue weighted by atomic mass is 16.6. The molecule has 0 spiro atoms. The van der Waals surface area contributed by atoms with Crippen LogP contribution in [0.15, 0.2) is 47.0 Å². The summed E-state index contributed by atoms with van der Waals surface area (Å²) in [6, 6.07) is 6.52. The van der Waals surface area contributed by atoms with Crippen LogP contribution in [-0.2, 0) is 9.59 Å². The zero-order chi connectivity index (χ0) is 15.6. The minimum absolute atomic E-state index is 0.313. The molecule has 108 valence electrons. The number of aliphatic imine (C=N–C) groups is 1. The molecule has 8 nitrogen and oxygen atoms in total. The Bertz CT molecular complexity index is 650. The number of carbonyl (C=O) groups is 2. The maximum Gasteiger partial charge on any atom is 0.389 e. The Balaban J connectivity index is 2.66. The summed E-state index contributed by atoms with van der Waals surface area (Å²) < 4.78 is 0. The number of rotatable bonds is 4. The van der Waals surface area contributed by atoms with Gasteiger partial charge in [-0.2, -0.15) is 0 Å². The molecule has 2 unspecified atom stereocenters. The first-order chi connectivity index (χ1) is 9.89. The molecule has 0 amide bonds. The Morgan fingerprint density at radius 2 is 1.86 bits per heavy atom. The van der Waals surface area contributed by atoms with Crippen LogP contribution in [0.4, 0.5) is 0 Å². The summed E-state index contributed by atoms with van der Waals surface area (Å²) in [6.45, 7) is 0. The van der Waals surface area contributed by atoms with Crippen LogP contribution in [0.2, 0.25) is 0 Å². The van der Waals surface area contributed by atoms with E-state index in [9.17, 15) is 24.8 Å². The summed E-state index contributed by atoms with van der Waals surface area (Å²) in [4.78, 5) is 36.6. The van der Waals surface area contributed by atoms with Crippen molar-refractivity contribution >= 4 is 18.2 Å². The molecule has 0 aromatic heterocycles. The molecule has 0 saturated carbocycles. The molecule has 21 heavy (non-hydrogen) atoms. The second-order valence-electron chi connectivity index (χ2n) is 4.38. The Morgan fingerprint density at radius 3 is 2.33 bits per heavy atom. The third-order valence-corrected chi connectivity index (χ3v) is 3.16. The van der Waals surface area contributed by atoms with E-state index >= 15 is 0 Å². The molecule has 0 saturated heterocycles. The van der Waals surface area contributed by atoms with Crippen molar-refractivity contribution in [3.63, 3.8) is 0 Å². The van der Waals surface area contributed by atoms with Crippen LogP contribution >= 0.6 is 0 Å². The highest BCUT2D eigenvalue weighted by Gasteiger charge is 2.59. The van der Waals surface area contributed by atoms with Gasteiger partial charge in [-0.15, -0.1) is 0 Å². The predicted octanol–water partition coefficient (Wildman–Crippen LogP) is 0.923. The second-order valence-corrected chi connectivity index (χ2v) is 4.38. The normalized spacial score (nSPS) is 24.2. The van der Waals surface area contributed by atoms with Crippen LogP contribution in [0.25, 0.3) is 0 Å². The standard InChI is InChI=1S/C13H10N2O6/c16-11(17)9-6-13(12(18)19,15(20)21)10(14-7-9)8-4-2-1-3-5-8/h1-7,10H,(H,16,17)(H,18,19). The average molecular weight is 290 g/mol. The summed E-state index contributed by atoms with van der Waals surface area (Å²) in [5.74, 6) is -3.24. The predicted molar refractivity (Wildman–Crippen MR) is 70.8 cm³/mol. The van der Waals surface area contributed by atoms with Gasteiger partial charge in [0.25, 0.3) is 0 Å². The van der Waals surface area contributed by atoms with E-state index in [1.165, 1.54) is 12.1 Å². The quantitative estimate of drug-likeness (QED) is 0.626. The number of carboxylic acids is 2. The molecule has 1 heterocycles. The second kappa shape index (κ2) is 5.16. The Morgan fingerprint density at radius 1 is 1.24 bits per heavy atom. The highest BCUT2D eigenvalue weighted by molar-refractivity contribution is 6.10. The van der Waals surface area contributed by atoms with E-state index in [4.69, 9.17) is 5.11 Å². The molecule has 1 aromatic rings. The lowest BCUT2D eigenvalue weighted by atomic mass is 9.82. The van der Waals surface area contributed by atoms with Gasteiger partial charge in [0.1, 0.15) is 0 Å². The maximum absolute atomic E-state index is 11.5. The van der Waals surface area contributed by atoms with Gasteiger partial charge in [0, 0.05) is 17.2 Å². The van der Waals surface area contributed by atoms with Crippen molar-refractivity contribution in [2.24, 2.45) is 4.99 Å². The molecular weight excluding hydrogens is 280 g/mol. The Labute approximate surface area is 118 Å². The third-order valence-electron chi connectivity index (χ3n) is 3.16. The molecule has 0 fully saturated rings. The van der Waals surface area contributed by atoms with E-state index in [2.05, 4.69) is 4.99 Å². The molecule has 8 heteroatoms. The lowest BCUT2D eigenvalue weighted by Gasteiger charge is -2.27. The van der Waals surface area contributed by atoms with Gasteiger partial charge in [-0.1, -0.05) is 30.3 Å². The molecule has 0 radical (unpaired) electrons. The summed E-state index contributed by atoms with van der Waals surface area (Å²) in [5, 5.41) is 29.6. The Kier molecular flexibility index (Phi) is 3.53. The highest BCUT2D eigenvalue weighted by Crippen LogP contribution is 2.37. The van der Waals surface area contributed by atoms with E-state index in [1.807, 2.05) is 0 Å². The molecule has 0 bridgehead atoms. The first-order valence-electron chi connectivity index (χ1n) is 5.81. The number of carboxylic acid groups (broad SMARTS) is 2. The van der Waals surface area contributed by atoms with E-state index in [-0.39, 0.29) is 0 Å². The largest absolute Gasteiger partial charge is 0.478 e. The molecule has 2 atom stereocenters. The van der Waals surface area contributed by atoms with E-state index in [0.717, 1.165) is 6.21 Å². The fraction of sp³-hybridized carbons (Fsp3) is 0.154. The molecule has 1 aliphatic heterocycles. The first kappa shape index (κ1) is 14.4. The molecule has 1 aromatic carbocycles. The minimum Gasteiger partial charge on any atom is -0.478 e. The number of hydrogen-bond acceptors (Lipinski definition) is 5. The van der Waals surface area contributed by atoms with Gasteiger partial charge in [-0.3, -0.25) is 15.1 Å². The SMILES string of the molecule is O=C(O)C1=CC(C(=O)O)([N+](=O)[O-])C(c2ccccc2)N=C1. The van der Waals surface area contributed by atoms with E-state index in [1.54, 1.807) is 18.2 Å². The van der Waals surface area contributed by atoms with Crippen molar-refractivity contribution in [2.45, 2.75) is 11.6 Å². The van der Waals surface area contributed by atoms with Crippen molar-refractivity contribution in [1.29, 1.82) is 0 Å². The van der Waals surface area contributed by atoms with Gasteiger partial charge >= 0.3 is 17.5 Å². The van der Waals surface area contributed by atoms with Gasteiger partial charge < -0.3 is 10.2 Å².